The average Bonchev–Trinajstić information content (AvgIpc) is 2.33. The Balaban J connectivity index is 2.93. The normalized spacial score (nSPS) is 12.0. The largest absolute Gasteiger partial charge is 0.375 e. The van der Waals surface area contributed by atoms with Crippen LogP contribution in [0.2, 0.25) is 4.34 Å². The van der Waals surface area contributed by atoms with E-state index in [9.17, 15) is 5.11 Å². The third-order valence-electron chi connectivity index (χ3n) is 1.21. The molecule has 1 unspecified atom stereocenters. The van der Waals surface area contributed by atoms with Gasteiger partial charge >= 0.3 is 0 Å². The van der Waals surface area contributed by atoms with E-state index >= 15 is 0 Å². The number of aliphatic hydroxyl groups excluding tert-OH is 1. The van der Waals surface area contributed by atoms with Crippen molar-refractivity contribution in [3.05, 3.63) is 19.8 Å². The SMILES string of the molecule is CC#CC(O)c1cc(Br)c(Cl)s1. The van der Waals surface area contributed by atoms with E-state index in [0.29, 0.717) is 4.34 Å². The minimum absolute atomic E-state index is 0.641. The van der Waals surface area contributed by atoms with Crippen LogP contribution < -0.4 is 0 Å². The van der Waals surface area contributed by atoms with Gasteiger partial charge in [-0.15, -0.1) is 17.3 Å². The highest BCUT2D eigenvalue weighted by Crippen LogP contribution is 2.34. The zero-order valence-corrected chi connectivity index (χ0v) is 9.42. The van der Waals surface area contributed by atoms with Crippen LogP contribution in [0.25, 0.3) is 0 Å². The molecular weight excluding hydrogens is 260 g/mol. The standard InChI is InChI=1S/C8H6BrClOS/c1-2-3-6(11)7-4-5(9)8(10)12-7/h4,6,11H,1H3. The van der Waals surface area contributed by atoms with Gasteiger partial charge in [0.15, 0.2) is 0 Å². The number of halogens is 2. The molecule has 0 fully saturated rings. The van der Waals surface area contributed by atoms with Gasteiger partial charge in [-0.25, -0.2) is 0 Å². The fourth-order valence-corrected chi connectivity index (χ4v) is 2.38. The summed E-state index contributed by atoms with van der Waals surface area (Å²) in [6.07, 6.45) is -0.719. The lowest BCUT2D eigenvalue weighted by molar-refractivity contribution is 0.242. The first kappa shape index (κ1) is 10.1. The van der Waals surface area contributed by atoms with Gasteiger partial charge in [-0.05, 0) is 28.9 Å². The van der Waals surface area contributed by atoms with Crippen molar-refractivity contribution < 1.29 is 5.11 Å². The molecule has 1 N–H and O–H groups in total. The predicted octanol–water partition coefficient (Wildman–Crippen LogP) is 3.22. The molecule has 0 saturated carbocycles. The van der Waals surface area contributed by atoms with Crippen molar-refractivity contribution in [2.24, 2.45) is 0 Å². The van der Waals surface area contributed by atoms with Crippen LogP contribution in [0.1, 0.15) is 17.9 Å². The second-order valence-electron chi connectivity index (χ2n) is 2.07. The molecule has 1 rings (SSSR count). The number of hydrogen-bond acceptors (Lipinski definition) is 2. The van der Waals surface area contributed by atoms with E-state index < -0.39 is 6.10 Å². The van der Waals surface area contributed by atoms with Crippen LogP contribution in [0.5, 0.6) is 0 Å². The molecule has 0 aliphatic rings. The van der Waals surface area contributed by atoms with Gasteiger partial charge in [0.05, 0.1) is 0 Å². The molecule has 0 spiro atoms. The van der Waals surface area contributed by atoms with E-state index in [1.54, 1.807) is 13.0 Å². The van der Waals surface area contributed by atoms with Crippen LogP contribution in [0, 0.1) is 11.8 Å². The van der Waals surface area contributed by atoms with Gasteiger partial charge in [-0.2, -0.15) is 0 Å². The summed E-state index contributed by atoms with van der Waals surface area (Å²) in [5.41, 5.74) is 0. The Bertz CT molecular complexity index is 317. The quantitative estimate of drug-likeness (QED) is 0.773. The molecule has 1 aromatic rings. The molecule has 1 atom stereocenters. The smallest absolute Gasteiger partial charge is 0.149 e. The molecule has 64 valence electrons. The Labute approximate surface area is 88.5 Å². The van der Waals surface area contributed by atoms with E-state index in [1.807, 2.05) is 0 Å². The Kier molecular flexibility index (Phi) is 3.60. The van der Waals surface area contributed by atoms with Crippen molar-refractivity contribution in [1.29, 1.82) is 0 Å². The maximum absolute atomic E-state index is 9.42. The van der Waals surface area contributed by atoms with Crippen molar-refractivity contribution in [1.82, 2.24) is 0 Å². The highest BCUT2D eigenvalue weighted by molar-refractivity contribution is 9.10. The summed E-state index contributed by atoms with van der Waals surface area (Å²) in [5, 5.41) is 9.42. The second-order valence-corrected chi connectivity index (χ2v) is 4.61. The summed E-state index contributed by atoms with van der Waals surface area (Å²) in [7, 11) is 0. The van der Waals surface area contributed by atoms with E-state index in [-0.39, 0.29) is 0 Å². The number of thiophene rings is 1. The van der Waals surface area contributed by atoms with E-state index in [0.717, 1.165) is 9.35 Å². The summed E-state index contributed by atoms with van der Waals surface area (Å²) in [4.78, 5) is 0.765. The molecule has 1 nitrogen and oxygen atoms in total. The summed E-state index contributed by atoms with van der Waals surface area (Å²) in [5.74, 6) is 5.28. The lowest BCUT2D eigenvalue weighted by Gasteiger charge is -1.95. The van der Waals surface area contributed by atoms with Crippen molar-refractivity contribution in [3.63, 3.8) is 0 Å². The molecule has 0 aromatic carbocycles. The minimum atomic E-state index is -0.719. The van der Waals surface area contributed by atoms with Gasteiger partial charge in [0.1, 0.15) is 10.4 Å². The van der Waals surface area contributed by atoms with Gasteiger partial charge < -0.3 is 5.11 Å². The Morgan fingerprint density at radius 1 is 1.75 bits per heavy atom. The van der Waals surface area contributed by atoms with Crippen LogP contribution in [-0.4, -0.2) is 5.11 Å². The zero-order chi connectivity index (χ0) is 9.14. The molecule has 0 bridgehead atoms. The second kappa shape index (κ2) is 4.29. The predicted molar refractivity (Wildman–Crippen MR) is 55.4 cm³/mol. The maximum Gasteiger partial charge on any atom is 0.149 e. The molecule has 0 aliphatic carbocycles. The molecule has 12 heavy (non-hydrogen) atoms. The highest BCUT2D eigenvalue weighted by atomic mass is 79.9. The molecule has 4 heteroatoms. The van der Waals surface area contributed by atoms with Crippen molar-refractivity contribution >= 4 is 38.9 Å². The Hall–Kier alpha value is -0.0100. The molecule has 0 amide bonds. The summed E-state index contributed by atoms with van der Waals surface area (Å²) < 4.78 is 1.45. The van der Waals surface area contributed by atoms with Crippen LogP contribution in [0.3, 0.4) is 0 Å². The lowest BCUT2D eigenvalue weighted by atomic mass is 10.3. The Morgan fingerprint density at radius 3 is 2.83 bits per heavy atom. The molecule has 0 saturated heterocycles. The molecule has 1 aromatic heterocycles. The van der Waals surface area contributed by atoms with Gasteiger partial charge in [-0.1, -0.05) is 17.5 Å². The van der Waals surface area contributed by atoms with E-state index in [2.05, 4.69) is 27.8 Å². The molecular formula is C8H6BrClOS. The van der Waals surface area contributed by atoms with Crippen LogP contribution in [0.4, 0.5) is 0 Å². The van der Waals surface area contributed by atoms with Crippen LogP contribution in [-0.2, 0) is 0 Å². The number of hydrogen-bond donors (Lipinski definition) is 1. The monoisotopic (exact) mass is 264 g/mol. The summed E-state index contributed by atoms with van der Waals surface area (Å²) >= 11 is 10.4. The first-order valence-electron chi connectivity index (χ1n) is 3.20. The number of aliphatic hydroxyl groups is 1. The first-order chi connectivity index (χ1) is 5.65. The summed E-state index contributed by atoms with van der Waals surface area (Å²) in [6.45, 7) is 1.69. The zero-order valence-electron chi connectivity index (χ0n) is 6.27. The van der Waals surface area contributed by atoms with Crippen molar-refractivity contribution in [2.75, 3.05) is 0 Å². The van der Waals surface area contributed by atoms with E-state index in [1.165, 1.54) is 11.3 Å². The van der Waals surface area contributed by atoms with Gasteiger partial charge in [0.2, 0.25) is 0 Å². The average molecular weight is 266 g/mol. The van der Waals surface area contributed by atoms with Crippen molar-refractivity contribution in [2.45, 2.75) is 13.0 Å². The van der Waals surface area contributed by atoms with Gasteiger partial charge in [0, 0.05) is 9.35 Å². The fraction of sp³-hybridized carbons (Fsp3) is 0.250. The minimum Gasteiger partial charge on any atom is -0.375 e. The summed E-state index contributed by atoms with van der Waals surface area (Å²) in [6, 6.07) is 1.78. The van der Waals surface area contributed by atoms with Gasteiger partial charge in [0.25, 0.3) is 0 Å². The maximum atomic E-state index is 9.42. The van der Waals surface area contributed by atoms with E-state index in [4.69, 9.17) is 11.6 Å². The Morgan fingerprint density at radius 2 is 2.42 bits per heavy atom. The van der Waals surface area contributed by atoms with Crippen molar-refractivity contribution in [3.8, 4) is 11.8 Å². The lowest BCUT2D eigenvalue weighted by Crippen LogP contribution is -1.87. The number of rotatable bonds is 1. The third-order valence-corrected chi connectivity index (χ3v) is 3.74. The topological polar surface area (TPSA) is 20.2 Å². The van der Waals surface area contributed by atoms with Gasteiger partial charge in [-0.3, -0.25) is 0 Å². The molecule has 0 aliphatic heterocycles. The first-order valence-corrected chi connectivity index (χ1v) is 5.19. The van der Waals surface area contributed by atoms with Crippen LogP contribution >= 0.6 is 38.9 Å². The third kappa shape index (κ3) is 2.24. The van der Waals surface area contributed by atoms with Crippen LogP contribution in [0.15, 0.2) is 10.5 Å². The molecule has 1 heterocycles. The highest BCUT2D eigenvalue weighted by Gasteiger charge is 2.10. The fourth-order valence-electron chi connectivity index (χ4n) is 0.706. The molecule has 0 radical (unpaired) electrons.